The first-order chi connectivity index (χ1) is 6.22. The quantitative estimate of drug-likeness (QED) is 0.592. The van der Waals surface area contributed by atoms with Crippen molar-refractivity contribution in [3.8, 4) is 0 Å². The van der Waals surface area contributed by atoms with Crippen LogP contribution in [0.5, 0.6) is 0 Å². The summed E-state index contributed by atoms with van der Waals surface area (Å²) >= 11 is 6.14. The van der Waals surface area contributed by atoms with Crippen LogP contribution in [-0.2, 0) is 9.47 Å². The summed E-state index contributed by atoms with van der Waals surface area (Å²) in [5, 5.41) is 10.1. The van der Waals surface area contributed by atoms with E-state index >= 15 is 0 Å². The van der Waals surface area contributed by atoms with Crippen LogP contribution in [0.1, 0.15) is 12.8 Å². The van der Waals surface area contributed by atoms with Crippen molar-refractivity contribution in [3.05, 3.63) is 0 Å². The molecule has 1 saturated carbocycles. The molecular weight excluding hydrogens is 192 g/mol. The lowest BCUT2D eigenvalue weighted by Gasteiger charge is -2.31. The monoisotopic (exact) mass is 204 g/mol. The van der Waals surface area contributed by atoms with Gasteiger partial charge in [0.05, 0.1) is 18.6 Å². The molecule has 3 aliphatic rings. The van der Waals surface area contributed by atoms with Crippen molar-refractivity contribution in [1.29, 1.82) is 0 Å². The van der Waals surface area contributed by atoms with Gasteiger partial charge in [-0.1, -0.05) is 0 Å². The van der Waals surface area contributed by atoms with Gasteiger partial charge < -0.3 is 14.6 Å². The van der Waals surface area contributed by atoms with Gasteiger partial charge in [-0.15, -0.1) is 11.6 Å². The van der Waals surface area contributed by atoms with Crippen LogP contribution < -0.4 is 0 Å². The van der Waals surface area contributed by atoms with Crippen molar-refractivity contribution < 1.29 is 14.6 Å². The average Bonchev–Trinajstić information content (AvgIpc) is 2.57. The summed E-state index contributed by atoms with van der Waals surface area (Å²) in [5.74, 6) is 0.609. The topological polar surface area (TPSA) is 38.7 Å². The SMILES string of the molecule is O[C@@]12COC3OCC[C@@H](CC1Cl)[C@H]32. The van der Waals surface area contributed by atoms with Gasteiger partial charge in [0.25, 0.3) is 0 Å². The molecule has 3 rings (SSSR count). The fourth-order valence-electron chi connectivity index (χ4n) is 2.98. The highest BCUT2D eigenvalue weighted by Gasteiger charge is 2.62. The molecule has 4 heteroatoms. The van der Waals surface area contributed by atoms with E-state index < -0.39 is 5.60 Å². The molecule has 13 heavy (non-hydrogen) atoms. The lowest BCUT2D eigenvalue weighted by Crippen LogP contribution is -2.44. The smallest absolute Gasteiger partial charge is 0.163 e. The Morgan fingerprint density at radius 3 is 3.08 bits per heavy atom. The maximum atomic E-state index is 10.3. The van der Waals surface area contributed by atoms with Gasteiger partial charge in [-0.05, 0) is 18.8 Å². The minimum absolute atomic E-state index is 0.115. The van der Waals surface area contributed by atoms with Gasteiger partial charge in [-0.2, -0.15) is 0 Å². The fraction of sp³-hybridized carbons (Fsp3) is 1.00. The Kier molecular flexibility index (Phi) is 1.69. The molecular formula is C9H13ClO3. The third kappa shape index (κ3) is 0.962. The molecule has 2 heterocycles. The Morgan fingerprint density at radius 2 is 2.23 bits per heavy atom. The zero-order chi connectivity index (χ0) is 9.05. The van der Waals surface area contributed by atoms with Crippen LogP contribution in [0.2, 0.25) is 0 Å². The van der Waals surface area contributed by atoms with Crippen molar-refractivity contribution in [2.24, 2.45) is 11.8 Å². The predicted octanol–water partition coefficient (Wildman–Crippen LogP) is 0.738. The molecule has 0 aromatic rings. The van der Waals surface area contributed by atoms with E-state index in [1.54, 1.807) is 0 Å². The Bertz CT molecular complexity index is 235. The van der Waals surface area contributed by atoms with Crippen molar-refractivity contribution in [2.45, 2.75) is 30.1 Å². The summed E-state index contributed by atoms with van der Waals surface area (Å²) in [6.45, 7) is 1.08. The van der Waals surface area contributed by atoms with Gasteiger partial charge in [-0.25, -0.2) is 0 Å². The van der Waals surface area contributed by atoms with Crippen LogP contribution in [-0.4, -0.2) is 35.6 Å². The highest BCUT2D eigenvalue weighted by Crippen LogP contribution is 2.53. The van der Waals surface area contributed by atoms with Gasteiger partial charge in [0.2, 0.25) is 0 Å². The van der Waals surface area contributed by atoms with E-state index in [1.165, 1.54) is 0 Å². The molecule has 3 nitrogen and oxygen atoms in total. The molecule has 0 aromatic heterocycles. The van der Waals surface area contributed by atoms with Crippen LogP contribution >= 0.6 is 11.6 Å². The third-order valence-electron chi connectivity index (χ3n) is 3.68. The summed E-state index contributed by atoms with van der Waals surface area (Å²) < 4.78 is 10.9. The number of aliphatic hydroxyl groups is 1. The van der Waals surface area contributed by atoms with Gasteiger partial charge in [0, 0.05) is 5.92 Å². The van der Waals surface area contributed by atoms with Gasteiger partial charge in [-0.3, -0.25) is 0 Å². The van der Waals surface area contributed by atoms with E-state index in [2.05, 4.69) is 0 Å². The lowest BCUT2D eigenvalue weighted by molar-refractivity contribution is -0.166. The molecule has 0 aromatic carbocycles. The molecule has 1 aliphatic carbocycles. The standard InChI is InChI=1S/C9H13ClO3/c10-6-3-5-1-2-12-8-7(5)9(6,11)4-13-8/h5-8,11H,1-4H2/t5-,6?,7+,8?,9-/m0/s1. The number of hydrogen-bond donors (Lipinski definition) is 1. The highest BCUT2D eigenvalue weighted by molar-refractivity contribution is 6.21. The minimum atomic E-state index is -0.822. The molecule has 0 spiro atoms. The molecule has 0 amide bonds. The first-order valence-corrected chi connectivity index (χ1v) is 5.25. The molecule has 74 valence electrons. The molecule has 0 bridgehead atoms. The van der Waals surface area contributed by atoms with Crippen LogP contribution in [0, 0.1) is 11.8 Å². The maximum absolute atomic E-state index is 10.3. The van der Waals surface area contributed by atoms with E-state index in [4.69, 9.17) is 21.1 Å². The summed E-state index contributed by atoms with van der Waals surface area (Å²) in [5.41, 5.74) is -0.822. The summed E-state index contributed by atoms with van der Waals surface area (Å²) in [7, 11) is 0. The van der Waals surface area contributed by atoms with Crippen molar-refractivity contribution in [2.75, 3.05) is 13.2 Å². The predicted molar refractivity (Wildman–Crippen MR) is 46.5 cm³/mol. The summed E-state index contributed by atoms with van der Waals surface area (Å²) in [6.07, 6.45) is 1.72. The zero-order valence-electron chi connectivity index (χ0n) is 7.28. The Hall–Kier alpha value is 0.170. The lowest BCUT2D eigenvalue weighted by atomic mass is 9.85. The Balaban J connectivity index is 1.97. The molecule has 1 N–H and O–H groups in total. The van der Waals surface area contributed by atoms with Crippen molar-refractivity contribution >= 4 is 11.6 Å². The molecule has 5 atom stereocenters. The first kappa shape index (κ1) is 8.48. The van der Waals surface area contributed by atoms with E-state index in [-0.39, 0.29) is 17.6 Å². The maximum Gasteiger partial charge on any atom is 0.163 e. The molecule has 0 radical (unpaired) electrons. The second kappa shape index (κ2) is 2.60. The Labute approximate surface area is 82.0 Å². The first-order valence-electron chi connectivity index (χ1n) is 4.81. The fourth-order valence-corrected chi connectivity index (χ4v) is 3.42. The van der Waals surface area contributed by atoms with Crippen molar-refractivity contribution in [3.63, 3.8) is 0 Å². The largest absolute Gasteiger partial charge is 0.385 e. The second-order valence-corrected chi connectivity index (χ2v) is 4.85. The van der Waals surface area contributed by atoms with E-state index in [9.17, 15) is 5.11 Å². The van der Waals surface area contributed by atoms with E-state index in [0.29, 0.717) is 12.5 Å². The van der Waals surface area contributed by atoms with Crippen LogP contribution in [0.25, 0.3) is 0 Å². The van der Waals surface area contributed by atoms with Crippen LogP contribution in [0.3, 0.4) is 0 Å². The average molecular weight is 205 g/mol. The number of hydrogen-bond acceptors (Lipinski definition) is 3. The van der Waals surface area contributed by atoms with Gasteiger partial charge >= 0.3 is 0 Å². The molecule has 2 saturated heterocycles. The number of rotatable bonds is 0. The minimum Gasteiger partial charge on any atom is -0.385 e. The zero-order valence-corrected chi connectivity index (χ0v) is 8.04. The number of ether oxygens (including phenoxy) is 2. The summed E-state index contributed by atoms with van der Waals surface area (Å²) in [6, 6.07) is 0. The number of halogens is 1. The number of alkyl halides is 1. The van der Waals surface area contributed by atoms with E-state index in [1.807, 2.05) is 0 Å². The van der Waals surface area contributed by atoms with Crippen molar-refractivity contribution in [1.82, 2.24) is 0 Å². The normalized spacial score (nSPS) is 59.5. The van der Waals surface area contributed by atoms with Gasteiger partial charge in [0.15, 0.2) is 6.29 Å². The second-order valence-electron chi connectivity index (χ2n) is 4.32. The molecule has 2 unspecified atom stereocenters. The molecule has 3 fully saturated rings. The van der Waals surface area contributed by atoms with E-state index in [0.717, 1.165) is 19.4 Å². The Morgan fingerprint density at radius 1 is 1.38 bits per heavy atom. The van der Waals surface area contributed by atoms with Crippen LogP contribution in [0.4, 0.5) is 0 Å². The van der Waals surface area contributed by atoms with Gasteiger partial charge in [0.1, 0.15) is 5.60 Å². The summed E-state index contributed by atoms with van der Waals surface area (Å²) in [4.78, 5) is 0. The van der Waals surface area contributed by atoms with Crippen LogP contribution in [0.15, 0.2) is 0 Å². The highest BCUT2D eigenvalue weighted by atomic mass is 35.5. The molecule has 2 aliphatic heterocycles. The third-order valence-corrected chi connectivity index (χ3v) is 4.24.